The van der Waals surface area contributed by atoms with Gasteiger partial charge in [0.25, 0.3) is 11.5 Å². The summed E-state index contributed by atoms with van der Waals surface area (Å²) in [5.41, 5.74) is 2.91. The largest absolute Gasteiger partial charge is 0.451 e. The Labute approximate surface area is 133 Å². The van der Waals surface area contributed by atoms with Crippen molar-refractivity contribution in [2.24, 2.45) is 0 Å². The van der Waals surface area contributed by atoms with Gasteiger partial charge in [0.05, 0.1) is 5.69 Å². The van der Waals surface area contributed by atoms with Gasteiger partial charge >= 0.3 is 11.7 Å². The Bertz CT molecular complexity index is 918. The third kappa shape index (κ3) is 3.85. The Morgan fingerprint density at radius 1 is 1.29 bits per heavy atom. The fourth-order valence-corrected chi connectivity index (χ4v) is 1.77. The Kier molecular flexibility index (Phi) is 4.78. The predicted octanol–water partition coefficient (Wildman–Crippen LogP) is -0.112. The van der Waals surface area contributed by atoms with Crippen LogP contribution in [0.3, 0.4) is 0 Å². The van der Waals surface area contributed by atoms with Gasteiger partial charge in [-0.05, 0) is 24.6 Å². The van der Waals surface area contributed by atoms with Gasteiger partial charge in [-0.3, -0.25) is 19.6 Å². The third-order valence-electron chi connectivity index (χ3n) is 2.92. The van der Waals surface area contributed by atoms with Crippen molar-refractivity contribution in [2.45, 2.75) is 6.92 Å². The van der Waals surface area contributed by atoms with E-state index in [1.165, 1.54) is 12.1 Å². The highest BCUT2D eigenvalue weighted by Crippen LogP contribution is 2.15. The van der Waals surface area contributed by atoms with Crippen LogP contribution in [0.4, 0.5) is 15.8 Å². The monoisotopic (exact) mass is 336 g/mol. The molecular formula is C14H13FN4O5. The summed E-state index contributed by atoms with van der Waals surface area (Å²) in [5, 5.41) is 2.22. The molecule has 0 bridgehead atoms. The van der Waals surface area contributed by atoms with E-state index < -0.39 is 46.9 Å². The molecule has 0 spiro atoms. The SMILES string of the molecule is Cc1ccc(NC(=O)COC(=O)c2[nH]c(=O)[nH]c(=O)c2N)c(F)c1. The maximum Gasteiger partial charge on any atom is 0.357 e. The zero-order valence-electron chi connectivity index (χ0n) is 12.4. The van der Waals surface area contributed by atoms with Crippen molar-refractivity contribution in [3.63, 3.8) is 0 Å². The molecule has 0 saturated heterocycles. The molecule has 0 aliphatic carbocycles. The van der Waals surface area contributed by atoms with E-state index in [0.717, 1.165) is 0 Å². The van der Waals surface area contributed by atoms with Crippen LogP contribution in [-0.2, 0) is 9.53 Å². The first-order valence-electron chi connectivity index (χ1n) is 6.63. The average Bonchev–Trinajstić information content (AvgIpc) is 2.51. The number of carbonyl (C=O) groups excluding carboxylic acids is 2. The van der Waals surface area contributed by atoms with Crippen molar-refractivity contribution in [1.82, 2.24) is 9.97 Å². The second kappa shape index (κ2) is 6.77. The average molecular weight is 336 g/mol. The van der Waals surface area contributed by atoms with E-state index >= 15 is 0 Å². The highest BCUT2D eigenvalue weighted by Gasteiger charge is 2.17. The molecule has 126 valence electrons. The number of H-pyrrole nitrogens is 2. The molecule has 1 amide bonds. The van der Waals surface area contributed by atoms with Gasteiger partial charge in [-0.2, -0.15) is 0 Å². The number of aryl methyl sites for hydroxylation is 1. The van der Waals surface area contributed by atoms with Crippen LogP contribution < -0.4 is 22.3 Å². The lowest BCUT2D eigenvalue weighted by Gasteiger charge is -2.08. The molecule has 0 atom stereocenters. The predicted molar refractivity (Wildman–Crippen MR) is 82.1 cm³/mol. The first-order chi connectivity index (χ1) is 11.3. The quantitative estimate of drug-likeness (QED) is 0.573. The van der Waals surface area contributed by atoms with Gasteiger partial charge in [-0.25, -0.2) is 14.0 Å². The van der Waals surface area contributed by atoms with E-state index in [1.54, 1.807) is 13.0 Å². The van der Waals surface area contributed by atoms with Crippen molar-refractivity contribution >= 4 is 23.3 Å². The number of carbonyl (C=O) groups is 2. The Morgan fingerprint density at radius 2 is 2.00 bits per heavy atom. The van der Waals surface area contributed by atoms with Crippen LogP contribution in [0.15, 0.2) is 27.8 Å². The number of hydrogen-bond acceptors (Lipinski definition) is 6. The second-order valence-corrected chi connectivity index (χ2v) is 4.80. The van der Waals surface area contributed by atoms with Crippen LogP contribution in [0.2, 0.25) is 0 Å². The lowest BCUT2D eigenvalue weighted by molar-refractivity contribution is -0.119. The zero-order valence-corrected chi connectivity index (χ0v) is 12.4. The highest BCUT2D eigenvalue weighted by atomic mass is 19.1. The summed E-state index contributed by atoms with van der Waals surface area (Å²) in [7, 11) is 0. The normalized spacial score (nSPS) is 10.2. The van der Waals surface area contributed by atoms with Crippen molar-refractivity contribution in [3.05, 3.63) is 56.1 Å². The first-order valence-corrected chi connectivity index (χ1v) is 6.63. The highest BCUT2D eigenvalue weighted by molar-refractivity contribution is 5.96. The molecule has 2 rings (SSSR count). The number of nitrogens with two attached hydrogens (primary N) is 1. The molecule has 5 N–H and O–H groups in total. The number of ether oxygens (including phenoxy) is 1. The standard InChI is InChI=1S/C14H13FN4O5/c1-6-2-3-8(7(15)4-6)17-9(20)5-24-13(22)11-10(16)12(21)19-14(23)18-11/h2-4H,5,16H2,1H3,(H,17,20)(H2,18,19,21,23). The summed E-state index contributed by atoms with van der Waals surface area (Å²) in [5.74, 6) is -2.62. The number of esters is 1. The van der Waals surface area contributed by atoms with Crippen molar-refractivity contribution in [2.75, 3.05) is 17.7 Å². The maximum absolute atomic E-state index is 13.6. The fraction of sp³-hybridized carbons (Fsp3) is 0.143. The van der Waals surface area contributed by atoms with Crippen LogP contribution in [0.25, 0.3) is 0 Å². The minimum Gasteiger partial charge on any atom is -0.451 e. The molecule has 2 aromatic rings. The topological polar surface area (TPSA) is 147 Å². The summed E-state index contributed by atoms with van der Waals surface area (Å²) in [6.07, 6.45) is 0. The van der Waals surface area contributed by atoms with Crippen molar-refractivity contribution in [3.8, 4) is 0 Å². The van der Waals surface area contributed by atoms with Crippen molar-refractivity contribution < 1.29 is 18.7 Å². The van der Waals surface area contributed by atoms with Gasteiger partial charge in [0, 0.05) is 0 Å². The molecular weight excluding hydrogens is 323 g/mol. The summed E-state index contributed by atoms with van der Waals surface area (Å²) in [6, 6.07) is 4.17. The van der Waals surface area contributed by atoms with E-state index in [2.05, 4.69) is 10.1 Å². The van der Waals surface area contributed by atoms with E-state index in [1.807, 2.05) is 9.97 Å². The zero-order chi connectivity index (χ0) is 17.9. The molecule has 1 aromatic heterocycles. The smallest absolute Gasteiger partial charge is 0.357 e. The number of nitrogens with one attached hydrogen (secondary N) is 3. The van der Waals surface area contributed by atoms with Gasteiger partial charge < -0.3 is 15.8 Å². The van der Waals surface area contributed by atoms with E-state index in [0.29, 0.717) is 5.56 Å². The number of rotatable bonds is 4. The number of aromatic amines is 2. The number of aromatic nitrogens is 2. The van der Waals surface area contributed by atoms with Gasteiger partial charge in [-0.15, -0.1) is 0 Å². The molecule has 0 aliphatic heterocycles. The molecule has 0 aliphatic rings. The number of hydrogen-bond donors (Lipinski definition) is 4. The number of nitrogen functional groups attached to an aromatic ring is 1. The van der Waals surface area contributed by atoms with Gasteiger partial charge in [-0.1, -0.05) is 6.07 Å². The lowest BCUT2D eigenvalue weighted by atomic mass is 10.2. The van der Waals surface area contributed by atoms with Crippen LogP contribution in [0.5, 0.6) is 0 Å². The molecule has 0 saturated carbocycles. The summed E-state index contributed by atoms with van der Waals surface area (Å²) in [4.78, 5) is 49.7. The second-order valence-electron chi connectivity index (χ2n) is 4.80. The van der Waals surface area contributed by atoms with Crippen LogP contribution in [0, 0.1) is 12.7 Å². The summed E-state index contributed by atoms with van der Waals surface area (Å²) >= 11 is 0. The number of anilines is 2. The third-order valence-corrected chi connectivity index (χ3v) is 2.92. The molecule has 0 unspecified atom stereocenters. The van der Waals surface area contributed by atoms with Crippen molar-refractivity contribution in [1.29, 1.82) is 0 Å². The van der Waals surface area contributed by atoms with E-state index in [9.17, 15) is 23.6 Å². The van der Waals surface area contributed by atoms with Gasteiger partial charge in [0.1, 0.15) is 11.5 Å². The van der Waals surface area contributed by atoms with E-state index in [4.69, 9.17) is 5.73 Å². The molecule has 0 fully saturated rings. The molecule has 9 nitrogen and oxygen atoms in total. The number of halogens is 1. The summed E-state index contributed by atoms with van der Waals surface area (Å²) < 4.78 is 18.2. The first kappa shape index (κ1) is 16.9. The fourth-order valence-electron chi connectivity index (χ4n) is 1.77. The summed E-state index contributed by atoms with van der Waals surface area (Å²) in [6.45, 7) is 0.920. The van der Waals surface area contributed by atoms with Crippen LogP contribution >= 0.6 is 0 Å². The van der Waals surface area contributed by atoms with E-state index in [-0.39, 0.29) is 5.69 Å². The van der Waals surface area contributed by atoms with Gasteiger partial charge in [0.15, 0.2) is 12.3 Å². The number of amides is 1. The number of benzene rings is 1. The minimum absolute atomic E-state index is 0.0780. The Hall–Kier alpha value is -3.43. The minimum atomic E-state index is -1.17. The van der Waals surface area contributed by atoms with Crippen LogP contribution in [0.1, 0.15) is 16.1 Å². The molecule has 10 heteroatoms. The molecule has 1 aromatic carbocycles. The van der Waals surface area contributed by atoms with Crippen LogP contribution in [-0.4, -0.2) is 28.5 Å². The Balaban J connectivity index is 2.03. The lowest BCUT2D eigenvalue weighted by Crippen LogP contribution is -2.30. The van der Waals surface area contributed by atoms with Gasteiger partial charge in [0.2, 0.25) is 0 Å². The molecule has 24 heavy (non-hydrogen) atoms. The Morgan fingerprint density at radius 3 is 2.67 bits per heavy atom. The maximum atomic E-state index is 13.6. The molecule has 0 radical (unpaired) electrons. The molecule has 1 heterocycles.